The van der Waals surface area contributed by atoms with Gasteiger partial charge in [-0.25, -0.2) is 0 Å². The maximum atomic E-state index is 12.6. The minimum Gasteiger partial charge on any atom is -0.399 e. The fourth-order valence-electron chi connectivity index (χ4n) is 2.62. The highest BCUT2D eigenvalue weighted by atomic mass is 19.4. The van der Waals surface area contributed by atoms with Crippen molar-refractivity contribution in [1.29, 1.82) is 0 Å². The molecule has 0 amide bonds. The molecule has 0 aliphatic carbocycles. The van der Waals surface area contributed by atoms with Crippen molar-refractivity contribution < 1.29 is 31.3 Å². The van der Waals surface area contributed by atoms with Gasteiger partial charge in [0.1, 0.15) is 0 Å². The van der Waals surface area contributed by atoms with E-state index >= 15 is 0 Å². The second kappa shape index (κ2) is 10.1. The zero-order valence-electron chi connectivity index (χ0n) is 16.0. The van der Waals surface area contributed by atoms with Crippen molar-refractivity contribution in [1.82, 2.24) is 0 Å². The average Bonchev–Trinajstić information content (AvgIpc) is 2.62. The van der Waals surface area contributed by atoms with Crippen molar-refractivity contribution >= 4 is 11.4 Å². The van der Waals surface area contributed by atoms with E-state index in [1.165, 1.54) is 18.2 Å². The Kier molecular flexibility index (Phi) is 8.44. The molecule has 0 spiro atoms. The molecule has 10 heteroatoms. The molecule has 0 bridgehead atoms. The van der Waals surface area contributed by atoms with Crippen LogP contribution in [0.1, 0.15) is 35.6 Å². The first kappa shape index (κ1) is 25.0. The van der Waals surface area contributed by atoms with E-state index in [9.17, 15) is 36.5 Å². The molecule has 0 unspecified atom stereocenters. The molecule has 0 heterocycles. The zero-order valence-corrected chi connectivity index (χ0v) is 16.0. The average molecular weight is 434 g/mol. The molecule has 0 saturated heterocycles. The van der Waals surface area contributed by atoms with Gasteiger partial charge in [-0.15, -0.1) is 6.58 Å². The van der Waals surface area contributed by atoms with Crippen molar-refractivity contribution in [2.75, 3.05) is 5.73 Å². The second-order valence-electron chi connectivity index (χ2n) is 6.25. The van der Waals surface area contributed by atoms with E-state index in [-0.39, 0.29) is 17.7 Å². The van der Waals surface area contributed by atoms with E-state index in [0.717, 1.165) is 18.2 Å². The number of halogens is 6. The Balaban J connectivity index is 0.000000303. The first-order chi connectivity index (χ1) is 13.8. The summed E-state index contributed by atoms with van der Waals surface area (Å²) in [4.78, 5) is 9.51. The van der Waals surface area contributed by atoms with Gasteiger partial charge in [0.15, 0.2) is 0 Å². The summed E-state index contributed by atoms with van der Waals surface area (Å²) >= 11 is 0. The van der Waals surface area contributed by atoms with Crippen LogP contribution < -0.4 is 5.73 Å². The highest BCUT2D eigenvalue weighted by Gasteiger charge is 2.34. The van der Waals surface area contributed by atoms with E-state index in [4.69, 9.17) is 5.73 Å². The standard InChI is InChI=1S/C10H8F3NO2.C10H12F3N/c1-2-3-7-4-5-8(14(15)16)6-9(7)10(11,12)13;1-2-3-7-4-5-8(14)6-9(7)10(11,12)13/h2,4-6H,1,3H2;4-6H,2-3,14H2,1H3. The first-order valence-corrected chi connectivity index (χ1v) is 8.72. The van der Waals surface area contributed by atoms with Gasteiger partial charge in [-0.2, -0.15) is 26.3 Å². The van der Waals surface area contributed by atoms with Gasteiger partial charge in [-0.3, -0.25) is 10.1 Å². The Bertz CT molecular complexity index is 892. The molecule has 2 aromatic rings. The van der Waals surface area contributed by atoms with Crippen molar-refractivity contribution in [2.24, 2.45) is 0 Å². The number of nitro groups is 1. The van der Waals surface area contributed by atoms with Gasteiger partial charge in [0, 0.05) is 17.8 Å². The lowest BCUT2D eigenvalue weighted by molar-refractivity contribution is -0.385. The predicted octanol–water partition coefficient (Wildman–Crippen LogP) is 6.58. The van der Waals surface area contributed by atoms with Crippen LogP contribution in [0.15, 0.2) is 49.1 Å². The molecule has 30 heavy (non-hydrogen) atoms. The number of anilines is 1. The molecule has 0 aliphatic heterocycles. The molecule has 4 nitrogen and oxygen atoms in total. The fraction of sp³-hybridized carbons (Fsp3) is 0.300. The molecular formula is C20H20F6N2O2. The van der Waals surface area contributed by atoms with Crippen LogP contribution >= 0.6 is 0 Å². The van der Waals surface area contributed by atoms with E-state index in [0.29, 0.717) is 24.5 Å². The molecule has 0 saturated carbocycles. The third-order valence-corrected chi connectivity index (χ3v) is 3.93. The number of non-ortho nitro benzene ring substituents is 1. The summed E-state index contributed by atoms with van der Waals surface area (Å²) in [5, 5.41) is 10.4. The molecule has 2 rings (SSSR count). The molecule has 2 N–H and O–H groups in total. The molecule has 164 valence electrons. The molecule has 2 aromatic carbocycles. The lowest BCUT2D eigenvalue weighted by atomic mass is 10.0. The normalized spacial score (nSPS) is 11.4. The van der Waals surface area contributed by atoms with Crippen LogP contribution in [0.3, 0.4) is 0 Å². The minimum atomic E-state index is -4.59. The zero-order chi connectivity index (χ0) is 23.1. The Labute approximate surface area is 169 Å². The summed E-state index contributed by atoms with van der Waals surface area (Å²) in [6.45, 7) is 5.18. The number of nitro benzene ring substituents is 1. The number of hydrogen-bond acceptors (Lipinski definition) is 3. The van der Waals surface area contributed by atoms with Gasteiger partial charge in [-0.05, 0) is 36.1 Å². The Morgan fingerprint density at radius 3 is 2.00 bits per heavy atom. The lowest BCUT2D eigenvalue weighted by Crippen LogP contribution is -2.09. The highest BCUT2D eigenvalue weighted by molar-refractivity contribution is 5.46. The number of rotatable bonds is 5. The van der Waals surface area contributed by atoms with Crippen LogP contribution in [-0.2, 0) is 25.2 Å². The van der Waals surface area contributed by atoms with E-state index < -0.39 is 34.1 Å². The summed E-state index contributed by atoms with van der Waals surface area (Å²) in [6, 6.07) is 6.63. The van der Waals surface area contributed by atoms with E-state index in [1.807, 2.05) is 6.92 Å². The van der Waals surface area contributed by atoms with Gasteiger partial charge < -0.3 is 5.73 Å². The van der Waals surface area contributed by atoms with Crippen molar-refractivity contribution in [3.05, 3.63) is 81.4 Å². The van der Waals surface area contributed by atoms with Crippen LogP contribution in [-0.4, -0.2) is 4.92 Å². The van der Waals surface area contributed by atoms with E-state index in [1.54, 1.807) is 0 Å². The lowest BCUT2D eigenvalue weighted by Gasteiger charge is -2.12. The molecular weight excluding hydrogens is 414 g/mol. The van der Waals surface area contributed by atoms with Crippen molar-refractivity contribution in [2.45, 2.75) is 38.5 Å². The number of benzene rings is 2. The number of nitrogens with zero attached hydrogens (tertiary/aromatic N) is 1. The number of nitrogens with two attached hydrogens (primary N) is 1. The van der Waals surface area contributed by atoms with Gasteiger partial charge >= 0.3 is 12.4 Å². The van der Waals surface area contributed by atoms with Crippen LogP contribution in [0, 0.1) is 10.1 Å². The van der Waals surface area contributed by atoms with Crippen LogP contribution in [0.4, 0.5) is 37.7 Å². The molecule has 0 radical (unpaired) electrons. The van der Waals surface area contributed by atoms with Crippen LogP contribution in [0.25, 0.3) is 0 Å². The molecule has 0 atom stereocenters. The highest BCUT2D eigenvalue weighted by Crippen LogP contribution is 2.35. The summed E-state index contributed by atoms with van der Waals surface area (Å²) in [5.74, 6) is 0. The smallest absolute Gasteiger partial charge is 0.399 e. The van der Waals surface area contributed by atoms with Crippen LogP contribution in [0.5, 0.6) is 0 Å². The van der Waals surface area contributed by atoms with Crippen molar-refractivity contribution in [3.63, 3.8) is 0 Å². The third kappa shape index (κ3) is 7.09. The molecule has 0 aromatic heterocycles. The summed E-state index contributed by atoms with van der Waals surface area (Å²) in [7, 11) is 0. The third-order valence-electron chi connectivity index (χ3n) is 3.93. The van der Waals surface area contributed by atoms with Crippen LogP contribution in [0.2, 0.25) is 0 Å². The Hall–Kier alpha value is -3.04. The second-order valence-corrected chi connectivity index (χ2v) is 6.25. The van der Waals surface area contributed by atoms with E-state index in [2.05, 4.69) is 6.58 Å². The molecule has 0 aliphatic rings. The summed E-state index contributed by atoms with van der Waals surface area (Å²) in [5.41, 5.74) is 3.60. The fourth-order valence-corrected chi connectivity index (χ4v) is 2.62. The number of alkyl halides is 6. The maximum absolute atomic E-state index is 12.6. The summed E-state index contributed by atoms with van der Waals surface area (Å²) in [6.07, 6.45) is -6.45. The monoisotopic (exact) mass is 434 g/mol. The Morgan fingerprint density at radius 1 is 1.00 bits per heavy atom. The van der Waals surface area contributed by atoms with Gasteiger partial charge in [0.2, 0.25) is 0 Å². The largest absolute Gasteiger partial charge is 0.416 e. The number of nitrogen functional groups attached to an aromatic ring is 1. The number of allylic oxidation sites excluding steroid dienone is 1. The predicted molar refractivity (Wildman–Crippen MR) is 102 cm³/mol. The molecule has 0 fully saturated rings. The summed E-state index contributed by atoms with van der Waals surface area (Å²) < 4.78 is 75.2. The number of hydrogen-bond donors (Lipinski definition) is 1. The first-order valence-electron chi connectivity index (χ1n) is 8.72. The SMILES string of the molecule is C=CCc1ccc([N+](=O)[O-])cc1C(F)(F)F.CCCc1ccc(N)cc1C(F)(F)F. The maximum Gasteiger partial charge on any atom is 0.416 e. The number of aryl methyl sites for hydroxylation is 1. The van der Waals surface area contributed by atoms with Gasteiger partial charge in [0.25, 0.3) is 5.69 Å². The quantitative estimate of drug-likeness (QED) is 0.190. The van der Waals surface area contributed by atoms with Gasteiger partial charge in [0.05, 0.1) is 16.1 Å². The Morgan fingerprint density at radius 2 is 1.53 bits per heavy atom. The van der Waals surface area contributed by atoms with Gasteiger partial charge in [-0.1, -0.05) is 31.6 Å². The topological polar surface area (TPSA) is 69.2 Å². The van der Waals surface area contributed by atoms with Crippen molar-refractivity contribution in [3.8, 4) is 0 Å². The minimum absolute atomic E-state index is 0.0203.